The number of aliphatic imine (C=N–C) groups is 1. The molecule has 0 fully saturated rings. The van der Waals surface area contributed by atoms with Gasteiger partial charge in [0.1, 0.15) is 17.7 Å². The van der Waals surface area contributed by atoms with Crippen LogP contribution in [-0.2, 0) is 17.9 Å². The molecule has 0 aliphatic heterocycles. The third kappa shape index (κ3) is 5.58. The Morgan fingerprint density at radius 2 is 2.07 bits per heavy atom. The molecule has 1 aromatic heterocycles. The molecule has 4 N–H and O–H groups in total. The quantitative estimate of drug-likeness (QED) is 0.420. The lowest BCUT2D eigenvalue weighted by molar-refractivity contribution is -0.119. The molecule has 2 aromatic carbocycles. The van der Waals surface area contributed by atoms with Gasteiger partial charge in [-0.15, -0.1) is 0 Å². The van der Waals surface area contributed by atoms with Crippen molar-refractivity contribution in [3.8, 4) is 17.0 Å². The number of hydrogen-bond donors (Lipinski definition) is 3. The van der Waals surface area contributed by atoms with E-state index in [1.165, 1.54) is 13.2 Å². The molecule has 1 amide bonds. The number of carbonyl (C=O) groups is 1. The molecule has 150 valence electrons. The van der Waals surface area contributed by atoms with Crippen LogP contribution in [0, 0.1) is 0 Å². The van der Waals surface area contributed by atoms with Gasteiger partial charge in [-0.2, -0.15) is 4.98 Å². The van der Waals surface area contributed by atoms with Gasteiger partial charge >= 0.3 is 6.01 Å². The highest BCUT2D eigenvalue weighted by atomic mass is 16.5. The zero-order chi connectivity index (χ0) is 20.6. The maximum atomic E-state index is 11.1. The van der Waals surface area contributed by atoms with Gasteiger partial charge in [0.15, 0.2) is 5.96 Å². The average molecular weight is 393 g/mol. The molecule has 0 aliphatic rings. The van der Waals surface area contributed by atoms with E-state index < -0.39 is 0 Å². The van der Waals surface area contributed by atoms with E-state index in [-0.39, 0.29) is 17.9 Å². The summed E-state index contributed by atoms with van der Waals surface area (Å²) >= 11 is 0. The van der Waals surface area contributed by atoms with E-state index in [1.807, 2.05) is 48.5 Å². The van der Waals surface area contributed by atoms with Gasteiger partial charge in [-0.3, -0.25) is 10.1 Å². The predicted octanol–water partition coefficient (Wildman–Crippen LogP) is 2.91. The molecule has 3 rings (SSSR count). The number of guanidine groups is 1. The van der Waals surface area contributed by atoms with Gasteiger partial charge in [0.05, 0.1) is 13.7 Å². The number of oxazole rings is 1. The third-order valence-electron chi connectivity index (χ3n) is 4.12. The first-order chi connectivity index (χ1) is 14.0. The number of nitrogens with two attached hydrogens (primary N) is 1. The molecule has 3 aromatic rings. The van der Waals surface area contributed by atoms with Crippen molar-refractivity contribution in [3.63, 3.8) is 0 Å². The number of amides is 1. The van der Waals surface area contributed by atoms with Crippen LogP contribution in [0.25, 0.3) is 11.3 Å². The summed E-state index contributed by atoms with van der Waals surface area (Å²) in [4.78, 5) is 19.8. The molecule has 8 nitrogen and oxygen atoms in total. The van der Waals surface area contributed by atoms with Crippen LogP contribution in [0.5, 0.6) is 5.75 Å². The number of ether oxygens (including phenoxy) is 1. The summed E-state index contributed by atoms with van der Waals surface area (Å²) in [6.07, 6.45) is 1.54. The fourth-order valence-corrected chi connectivity index (χ4v) is 2.68. The summed E-state index contributed by atoms with van der Waals surface area (Å²) in [6, 6.07) is 15.5. The van der Waals surface area contributed by atoms with E-state index in [9.17, 15) is 4.79 Å². The Kier molecular flexibility index (Phi) is 6.47. The second kappa shape index (κ2) is 9.41. The Bertz CT molecular complexity index is 1010. The van der Waals surface area contributed by atoms with Crippen molar-refractivity contribution in [3.05, 3.63) is 65.9 Å². The molecule has 0 saturated carbocycles. The Hall–Kier alpha value is -3.81. The SMILES string of the molecule is COc1ccccc1CN=C(N)Nc1nc(-c2cccc(CNC(C)=O)c2)co1. The monoisotopic (exact) mass is 393 g/mol. The highest BCUT2D eigenvalue weighted by Gasteiger charge is 2.08. The number of rotatable bonds is 7. The third-order valence-corrected chi connectivity index (χ3v) is 4.12. The summed E-state index contributed by atoms with van der Waals surface area (Å²) in [5.74, 6) is 0.858. The van der Waals surface area contributed by atoms with Crippen molar-refractivity contribution in [2.45, 2.75) is 20.0 Å². The molecule has 0 saturated heterocycles. The topological polar surface area (TPSA) is 115 Å². The normalized spacial score (nSPS) is 11.2. The Balaban J connectivity index is 1.65. The Morgan fingerprint density at radius 1 is 1.24 bits per heavy atom. The van der Waals surface area contributed by atoms with Crippen molar-refractivity contribution < 1.29 is 13.9 Å². The number of carbonyl (C=O) groups excluding carboxylic acids is 1. The van der Waals surface area contributed by atoms with Crippen LogP contribution >= 0.6 is 0 Å². The number of aromatic nitrogens is 1. The molecule has 0 spiro atoms. The number of anilines is 1. The van der Waals surface area contributed by atoms with Crippen LogP contribution in [-0.4, -0.2) is 24.0 Å². The molecule has 0 bridgehead atoms. The van der Waals surface area contributed by atoms with Gasteiger partial charge in [0, 0.05) is 24.6 Å². The predicted molar refractivity (Wildman–Crippen MR) is 111 cm³/mol. The summed E-state index contributed by atoms with van der Waals surface area (Å²) in [7, 11) is 1.61. The van der Waals surface area contributed by atoms with Crippen molar-refractivity contribution in [1.29, 1.82) is 0 Å². The van der Waals surface area contributed by atoms with Gasteiger partial charge in [0.25, 0.3) is 0 Å². The molecular weight excluding hydrogens is 370 g/mol. The van der Waals surface area contributed by atoms with Crippen molar-refractivity contribution in [2.75, 3.05) is 12.4 Å². The van der Waals surface area contributed by atoms with Crippen LogP contribution in [0.4, 0.5) is 6.01 Å². The van der Waals surface area contributed by atoms with Crippen molar-refractivity contribution in [1.82, 2.24) is 10.3 Å². The number of nitrogens with zero attached hydrogens (tertiary/aromatic N) is 2. The van der Waals surface area contributed by atoms with Crippen LogP contribution in [0.2, 0.25) is 0 Å². The Labute approximate surface area is 168 Å². The van der Waals surface area contributed by atoms with Crippen LogP contribution < -0.4 is 21.1 Å². The first-order valence-corrected chi connectivity index (χ1v) is 9.03. The number of hydrogen-bond acceptors (Lipinski definition) is 5. The average Bonchev–Trinajstić information content (AvgIpc) is 3.19. The second-order valence-corrected chi connectivity index (χ2v) is 6.29. The molecule has 0 unspecified atom stereocenters. The minimum Gasteiger partial charge on any atom is -0.496 e. The molecule has 0 radical (unpaired) electrons. The zero-order valence-electron chi connectivity index (χ0n) is 16.3. The maximum Gasteiger partial charge on any atom is 0.302 e. The fraction of sp³-hybridized carbons (Fsp3) is 0.190. The summed E-state index contributed by atoms with van der Waals surface area (Å²) in [6.45, 7) is 2.30. The lowest BCUT2D eigenvalue weighted by Gasteiger charge is -2.06. The first kappa shape index (κ1) is 19.9. The largest absolute Gasteiger partial charge is 0.496 e. The van der Waals surface area contributed by atoms with E-state index in [1.54, 1.807) is 7.11 Å². The summed E-state index contributed by atoms with van der Waals surface area (Å²) < 4.78 is 10.8. The first-order valence-electron chi connectivity index (χ1n) is 9.03. The van der Waals surface area contributed by atoms with E-state index in [2.05, 4.69) is 20.6 Å². The van der Waals surface area contributed by atoms with Gasteiger partial charge < -0.3 is 20.2 Å². The van der Waals surface area contributed by atoms with E-state index >= 15 is 0 Å². The lowest BCUT2D eigenvalue weighted by atomic mass is 10.1. The lowest BCUT2D eigenvalue weighted by Crippen LogP contribution is -2.22. The van der Waals surface area contributed by atoms with E-state index in [4.69, 9.17) is 14.9 Å². The molecule has 0 atom stereocenters. The zero-order valence-corrected chi connectivity index (χ0v) is 16.3. The number of methoxy groups -OCH3 is 1. The van der Waals surface area contributed by atoms with Gasteiger partial charge in [-0.25, -0.2) is 4.99 Å². The van der Waals surface area contributed by atoms with Gasteiger partial charge in [-0.05, 0) is 17.7 Å². The van der Waals surface area contributed by atoms with Crippen molar-refractivity contribution >= 4 is 17.9 Å². The highest BCUT2D eigenvalue weighted by Crippen LogP contribution is 2.22. The second-order valence-electron chi connectivity index (χ2n) is 6.29. The fourth-order valence-electron chi connectivity index (χ4n) is 2.68. The van der Waals surface area contributed by atoms with Gasteiger partial charge in [-0.1, -0.05) is 36.4 Å². The minimum absolute atomic E-state index is 0.0776. The number of nitrogens with one attached hydrogen (secondary N) is 2. The summed E-state index contributed by atoms with van der Waals surface area (Å²) in [5.41, 5.74) is 9.35. The van der Waals surface area contributed by atoms with Crippen LogP contribution in [0.15, 0.2) is 64.2 Å². The molecule has 29 heavy (non-hydrogen) atoms. The maximum absolute atomic E-state index is 11.1. The van der Waals surface area contributed by atoms with Crippen molar-refractivity contribution in [2.24, 2.45) is 10.7 Å². The van der Waals surface area contributed by atoms with Crippen LogP contribution in [0.3, 0.4) is 0 Å². The Morgan fingerprint density at radius 3 is 2.86 bits per heavy atom. The van der Waals surface area contributed by atoms with E-state index in [0.717, 1.165) is 22.4 Å². The molecule has 8 heteroatoms. The number of para-hydroxylation sites is 1. The highest BCUT2D eigenvalue weighted by molar-refractivity contribution is 5.90. The standard InChI is InChI=1S/C21H23N5O3/c1-14(27)23-11-15-6-5-8-16(10-15)18-13-29-21(25-18)26-20(22)24-12-17-7-3-4-9-19(17)28-2/h3-10,13H,11-12H2,1-2H3,(H,23,27)(H3,22,24,25,26). The minimum atomic E-state index is -0.0776. The summed E-state index contributed by atoms with van der Waals surface area (Å²) in [5, 5.41) is 5.62. The number of benzene rings is 2. The van der Waals surface area contributed by atoms with Gasteiger partial charge in [0.2, 0.25) is 5.91 Å². The molecule has 0 aliphatic carbocycles. The smallest absolute Gasteiger partial charge is 0.302 e. The van der Waals surface area contributed by atoms with Crippen LogP contribution in [0.1, 0.15) is 18.1 Å². The van der Waals surface area contributed by atoms with E-state index in [0.29, 0.717) is 18.8 Å². The molecular formula is C21H23N5O3. The molecule has 1 heterocycles.